The zero-order valence-electron chi connectivity index (χ0n) is 17.7. The molecule has 168 valence electrons. The highest BCUT2D eigenvalue weighted by Crippen LogP contribution is 2.14. The van der Waals surface area contributed by atoms with Crippen molar-refractivity contribution in [2.75, 3.05) is 52.9 Å². The van der Waals surface area contributed by atoms with Gasteiger partial charge in [0, 0.05) is 52.9 Å². The predicted octanol–water partition coefficient (Wildman–Crippen LogP) is 2.33. The van der Waals surface area contributed by atoms with Crippen LogP contribution >= 0.6 is 24.0 Å². The number of aliphatic imine (C=N–C) groups is 1. The summed E-state index contributed by atoms with van der Waals surface area (Å²) < 4.78 is 27.1. The average molecular weight is 535 g/mol. The van der Waals surface area contributed by atoms with Crippen molar-refractivity contribution in [3.8, 4) is 0 Å². The van der Waals surface area contributed by atoms with Gasteiger partial charge < -0.3 is 15.1 Å². The van der Waals surface area contributed by atoms with Crippen LogP contribution in [0.3, 0.4) is 0 Å². The summed E-state index contributed by atoms with van der Waals surface area (Å²) in [5, 5.41) is 3.24. The molecule has 2 saturated heterocycles. The van der Waals surface area contributed by atoms with Gasteiger partial charge in [-0.1, -0.05) is 12.1 Å². The fourth-order valence-electron chi connectivity index (χ4n) is 4.06. The van der Waals surface area contributed by atoms with Crippen molar-refractivity contribution in [2.24, 2.45) is 4.99 Å². The van der Waals surface area contributed by atoms with Gasteiger partial charge in [-0.2, -0.15) is 0 Å². The lowest BCUT2D eigenvalue weighted by molar-refractivity contribution is -0.135. The number of benzene rings is 1. The maximum Gasteiger partial charge on any atom is 0.239 e. The first-order valence-corrected chi connectivity index (χ1v) is 10.4. The molecule has 0 bridgehead atoms. The van der Waals surface area contributed by atoms with E-state index in [1.807, 2.05) is 11.8 Å². The van der Waals surface area contributed by atoms with E-state index in [4.69, 9.17) is 0 Å². The van der Waals surface area contributed by atoms with Crippen LogP contribution in [0.4, 0.5) is 8.78 Å². The molecule has 0 aromatic heterocycles. The molecule has 30 heavy (non-hydrogen) atoms. The van der Waals surface area contributed by atoms with Crippen LogP contribution in [-0.2, 0) is 11.2 Å². The van der Waals surface area contributed by atoms with Crippen LogP contribution in [0.25, 0.3) is 0 Å². The van der Waals surface area contributed by atoms with Gasteiger partial charge >= 0.3 is 0 Å². The molecule has 9 heteroatoms. The summed E-state index contributed by atoms with van der Waals surface area (Å²) in [5.41, 5.74) is 0.354. The van der Waals surface area contributed by atoms with Crippen molar-refractivity contribution in [1.29, 1.82) is 0 Å². The van der Waals surface area contributed by atoms with E-state index in [1.165, 1.54) is 6.07 Å². The molecule has 1 amide bonds. The van der Waals surface area contributed by atoms with Gasteiger partial charge in [-0.3, -0.25) is 14.7 Å². The second-order valence-electron chi connectivity index (χ2n) is 7.67. The van der Waals surface area contributed by atoms with Gasteiger partial charge in [0.15, 0.2) is 17.6 Å². The summed E-state index contributed by atoms with van der Waals surface area (Å²) in [5.74, 6) is -0.620. The second-order valence-corrected chi connectivity index (χ2v) is 7.67. The highest BCUT2D eigenvalue weighted by molar-refractivity contribution is 14.0. The standard InChI is InChI=1S/C21H31F2N5O.HI/c1-16(20(29)27-10-3-4-11-27)26-12-14-28(15-13-26)21(24-2)25-9-8-17-6-5-7-18(22)19(17)23;/h5-7,16H,3-4,8-15H2,1-2H3,(H,24,25);1H. The molecule has 1 unspecified atom stereocenters. The maximum atomic E-state index is 13.8. The Morgan fingerprint density at radius 3 is 2.40 bits per heavy atom. The third kappa shape index (κ3) is 6.03. The van der Waals surface area contributed by atoms with Crippen LogP contribution in [0.1, 0.15) is 25.3 Å². The summed E-state index contributed by atoms with van der Waals surface area (Å²) in [6.07, 6.45) is 2.59. The lowest BCUT2D eigenvalue weighted by atomic mass is 10.1. The van der Waals surface area contributed by atoms with Crippen LogP contribution in [-0.4, -0.2) is 85.5 Å². The van der Waals surface area contributed by atoms with Gasteiger partial charge in [-0.05, 0) is 37.8 Å². The third-order valence-electron chi connectivity index (χ3n) is 5.86. The van der Waals surface area contributed by atoms with E-state index in [2.05, 4.69) is 20.1 Å². The fourth-order valence-corrected chi connectivity index (χ4v) is 4.06. The molecule has 2 fully saturated rings. The fraction of sp³-hybridized carbons (Fsp3) is 0.619. The summed E-state index contributed by atoms with van der Waals surface area (Å²) in [4.78, 5) is 23.3. The molecular formula is C21H32F2IN5O. The molecule has 6 nitrogen and oxygen atoms in total. The van der Waals surface area contributed by atoms with Crippen molar-refractivity contribution >= 4 is 35.8 Å². The zero-order valence-corrected chi connectivity index (χ0v) is 20.1. The minimum Gasteiger partial charge on any atom is -0.356 e. The van der Waals surface area contributed by atoms with Crippen LogP contribution in [0.15, 0.2) is 23.2 Å². The number of halogens is 3. The molecule has 2 aliphatic rings. The number of likely N-dealkylation sites (tertiary alicyclic amines) is 1. The third-order valence-corrected chi connectivity index (χ3v) is 5.86. The Morgan fingerprint density at radius 2 is 1.77 bits per heavy atom. The Labute approximate surface area is 194 Å². The zero-order chi connectivity index (χ0) is 20.8. The van der Waals surface area contributed by atoms with Gasteiger partial charge in [-0.15, -0.1) is 24.0 Å². The summed E-state index contributed by atoms with van der Waals surface area (Å²) in [7, 11) is 1.72. The van der Waals surface area contributed by atoms with Crippen molar-refractivity contribution in [1.82, 2.24) is 20.0 Å². The van der Waals surface area contributed by atoms with E-state index in [0.717, 1.165) is 64.1 Å². The number of piperazine rings is 1. The summed E-state index contributed by atoms with van der Waals surface area (Å²) >= 11 is 0. The van der Waals surface area contributed by atoms with Crippen molar-refractivity contribution < 1.29 is 13.6 Å². The number of carbonyl (C=O) groups is 1. The number of hydrogen-bond acceptors (Lipinski definition) is 3. The Balaban J connectivity index is 0.00000320. The first kappa shape index (κ1) is 24.8. The molecule has 2 aliphatic heterocycles. The number of guanidine groups is 1. The number of amides is 1. The number of hydrogen-bond donors (Lipinski definition) is 1. The lowest BCUT2D eigenvalue weighted by Gasteiger charge is -2.39. The first-order chi connectivity index (χ1) is 14.0. The van der Waals surface area contributed by atoms with E-state index in [-0.39, 0.29) is 35.9 Å². The Hall–Kier alpha value is -1.49. The Kier molecular flexibility index (Phi) is 9.73. The van der Waals surface area contributed by atoms with Gasteiger partial charge in [-0.25, -0.2) is 8.78 Å². The monoisotopic (exact) mass is 535 g/mol. The van der Waals surface area contributed by atoms with E-state index >= 15 is 0 Å². The van der Waals surface area contributed by atoms with Gasteiger partial charge in [0.2, 0.25) is 5.91 Å². The normalized spacial score (nSPS) is 18.9. The van der Waals surface area contributed by atoms with Crippen LogP contribution in [0.2, 0.25) is 0 Å². The number of nitrogens with one attached hydrogen (secondary N) is 1. The average Bonchev–Trinajstić information content (AvgIpc) is 3.28. The molecule has 0 radical (unpaired) electrons. The van der Waals surface area contributed by atoms with Crippen molar-refractivity contribution in [3.05, 3.63) is 35.4 Å². The molecule has 1 N–H and O–H groups in total. The number of nitrogens with zero attached hydrogens (tertiary/aromatic N) is 4. The van der Waals surface area contributed by atoms with Gasteiger partial charge in [0.1, 0.15) is 0 Å². The van der Waals surface area contributed by atoms with Gasteiger partial charge in [0.25, 0.3) is 0 Å². The van der Waals surface area contributed by atoms with E-state index in [9.17, 15) is 13.6 Å². The van der Waals surface area contributed by atoms with Crippen LogP contribution in [0, 0.1) is 11.6 Å². The topological polar surface area (TPSA) is 51.2 Å². The van der Waals surface area contributed by atoms with Crippen molar-refractivity contribution in [3.63, 3.8) is 0 Å². The molecule has 1 atom stereocenters. The maximum absolute atomic E-state index is 13.8. The SMILES string of the molecule is CN=C(NCCc1cccc(F)c1F)N1CCN(C(C)C(=O)N2CCCC2)CC1.I. The van der Waals surface area contributed by atoms with E-state index in [0.29, 0.717) is 18.5 Å². The van der Waals surface area contributed by atoms with Gasteiger partial charge in [0.05, 0.1) is 6.04 Å². The summed E-state index contributed by atoms with van der Waals surface area (Å²) in [6.45, 7) is 7.35. The molecule has 2 heterocycles. The Bertz CT molecular complexity index is 734. The molecule has 1 aromatic rings. The number of carbonyl (C=O) groups excluding carboxylic acids is 1. The van der Waals surface area contributed by atoms with E-state index < -0.39 is 11.6 Å². The molecule has 1 aromatic carbocycles. The Morgan fingerprint density at radius 1 is 1.10 bits per heavy atom. The molecular weight excluding hydrogens is 503 g/mol. The molecule has 0 aliphatic carbocycles. The van der Waals surface area contributed by atoms with E-state index in [1.54, 1.807) is 13.1 Å². The highest BCUT2D eigenvalue weighted by Gasteiger charge is 2.30. The largest absolute Gasteiger partial charge is 0.356 e. The lowest BCUT2D eigenvalue weighted by Crippen LogP contribution is -2.57. The predicted molar refractivity (Wildman–Crippen MR) is 125 cm³/mol. The molecule has 3 rings (SSSR count). The number of rotatable bonds is 5. The highest BCUT2D eigenvalue weighted by atomic mass is 127. The quantitative estimate of drug-likeness (QED) is 0.358. The molecule has 0 spiro atoms. The first-order valence-electron chi connectivity index (χ1n) is 10.4. The second kappa shape index (κ2) is 11.8. The smallest absolute Gasteiger partial charge is 0.239 e. The summed E-state index contributed by atoms with van der Waals surface area (Å²) in [6, 6.07) is 4.15. The molecule has 0 saturated carbocycles. The van der Waals surface area contributed by atoms with Crippen molar-refractivity contribution in [2.45, 2.75) is 32.2 Å². The minimum atomic E-state index is -0.819. The van der Waals surface area contributed by atoms with Crippen LogP contribution in [0.5, 0.6) is 0 Å². The minimum absolute atomic E-state index is 0. The van der Waals surface area contributed by atoms with Crippen LogP contribution < -0.4 is 5.32 Å².